The van der Waals surface area contributed by atoms with E-state index >= 15 is 0 Å². The number of rotatable bonds is 6. The summed E-state index contributed by atoms with van der Waals surface area (Å²) in [4.78, 5) is 17.5. The smallest absolute Gasteiger partial charge is 0.281 e. The highest BCUT2D eigenvalue weighted by molar-refractivity contribution is 7.86. The van der Waals surface area contributed by atoms with Gasteiger partial charge in [0.1, 0.15) is 6.10 Å². The van der Waals surface area contributed by atoms with E-state index in [1.165, 1.54) is 19.7 Å². The molecule has 0 atom stereocenters. The van der Waals surface area contributed by atoms with Crippen molar-refractivity contribution in [2.24, 2.45) is 0 Å². The Hall–Kier alpha value is -1.71. The fourth-order valence-electron chi connectivity index (χ4n) is 2.99. The summed E-state index contributed by atoms with van der Waals surface area (Å²) < 4.78 is 34.0. The first-order chi connectivity index (χ1) is 12.3. The van der Waals surface area contributed by atoms with Gasteiger partial charge in [-0.1, -0.05) is 0 Å². The molecule has 0 unspecified atom stereocenters. The normalized spacial score (nSPS) is 19.5. The van der Waals surface area contributed by atoms with Gasteiger partial charge in [0, 0.05) is 52.5 Å². The lowest BCUT2D eigenvalue weighted by atomic mass is 10.1. The summed E-state index contributed by atoms with van der Waals surface area (Å²) in [5.74, 6) is 0.346. The molecule has 1 saturated heterocycles. The monoisotopic (exact) mass is 382 g/mol. The maximum Gasteiger partial charge on any atom is 0.281 e. The van der Waals surface area contributed by atoms with Crippen molar-refractivity contribution in [3.8, 4) is 5.88 Å². The van der Waals surface area contributed by atoms with Gasteiger partial charge in [0.15, 0.2) is 0 Å². The van der Waals surface area contributed by atoms with Gasteiger partial charge < -0.3 is 9.64 Å². The first-order valence-corrected chi connectivity index (χ1v) is 10.3. The molecule has 1 saturated carbocycles. The third-order valence-corrected chi connectivity index (χ3v) is 6.87. The molecule has 1 amide bonds. The van der Waals surface area contributed by atoms with Crippen LogP contribution in [0.25, 0.3) is 0 Å². The Kier molecular flexibility index (Phi) is 5.50. The molecule has 1 aliphatic carbocycles. The molecule has 1 aromatic rings. The first-order valence-electron chi connectivity index (χ1n) is 8.86. The van der Waals surface area contributed by atoms with Gasteiger partial charge >= 0.3 is 0 Å². The van der Waals surface area contributed by atoms with E-state index in [9.17, 15) is 13.2 Å². The Labute approximate surface area is 154 Å². The first kappa shape index (κ1) is 19.1. The van der Waals surface area contributed by atoms with Crippen molar-refractivity contribution in [2.75, 3.05) is 34.2 Å². The summed E-state index contributed by atoms with van der Waals surface area (Å²) in [5, 5.41) is 0. The minimum atomic E-state index is -3.37. The molecular formula is C17H26N4O4S. The summed E-state index contributed by atoms with van der Waals surface area (Å²) in [6.45, 7) is 0.891. The molecule has 9 heteroatoms. The Morgan fingerprint density at radius 3 is 2.31 bits per heavy atom. The Morgan fingerprint density at radius 2 is 1.81 bits per heavy atom. The molecular weight excluding hydrogens is 356 g/mol. The average Bonchev–Trinajstić information content (AvgIpc) is 3.46. The maximum absolute atomic E-state index is 12.6. The molecule has 2 aliphatic rings. The highest BCUT2D eigenvalue weighted by atomic mass is 32.2. The number of ether oxygens (including phenoxy) is 1. The minimum absolute atomic E-state index is 0.0735. The zero-order valence-electron chi connectivity index (χ0n) is 15.5. The van der Waals surface area contributed by atoms with Gasteiger partial charge in [-0.2, -0.15) is 17.0 Å². The summed E-state index contributed by atoms with van der Waals surface area (Å²) in [7, 11) is 1.68. The molecule has 3 rings (SSSR count). The van der Waals surface area contributed by atoms with Crippen LogP contribution in [0.5, 0.6) is 5.88 Å². The van der Waals surface area contributed by atoms with Gasteiger partial charge in [-0.15, -0.1) is 0 Å². The van der Waals surface area contributed by atoms with Gasteiger partial charge in [-0.25, -0.2) is 4.98 Å². The topological polar surface area (TPSA) is 83.0 Å². The van der Waals surface area contributed by atoms with Crippen LogP contribution in [0.3, 0.4) is 0 Å². The highest BCUT2D eigenvalue weighted by Gasteiger charge is 2.39. The molecule has 2 heterocycles. The van der Waals surface area contributed by atoms with Crippen LogP contribution < -0.4 is 4.74 Å². The second-order valence-corrected chi connectivity index (χ2v) is 9.04. The molecule has 0 aromatic carbocycles. The van der Waals surface area contributed by atoms with Crippen molar-refractivity contribution in [3.05, 3.63) is 23.9 Å². The zero-order valence-corrected chi connectivity index (χ0v) is 16.3. The second-order valence-electron chi connectivity index (χ2n) is 7.06. The molecule has 1 aromatic heterocycles. The lowest BCUT2D eigenvalue weighted by molar-refractivity contribution is 0.0827. The fraction of sp³-hybridized carbons (Fsp3) is 0.647. The molecule has 0 N–H and O–H groups in total. The number of pyridine rings is 1. The Balaban J connectivity index is 1.53. The molecule has 0 bridgehead atoms. The quantitative estimate of drug-likeness (QED) is 0.732. The average molecular weight is 382 g/mol. The molecule has 0 spiro atoms. The van der Waals surface area contributed by atoms with Crippen LogP contribution in [0.2, 0.25) is 0 Å². The number of piperidine rings is 1. The molecule has 1 aliphatic heterocycles. The third-order valence-electron chi connectivity index (χ3n) is 4.83. The van der Waals surface area contributed by atoms with Gasteiger partial charge in [0.25, 0.3) is 16.1 Å². The van der Waals surface area contributed by atoms with Crippen LogP contribution in [-0.2, 0) is 10.2 Å². The van der Waals surface area contributed by atoms with Crippen LogP contribution in [0.1, 0.15) is 36.0 Å². The van der Waals surface area contributed by atoms with Crippen molar-refractivity contribution < 1.29 is 17.9 Å². The predicted octanol–water partition coefficient (Wildman–Crippen LogP) is 0.966. The number of nitrogens with zero attached hydrogens (tertiary/aromatic N) is 4. The number of carbonyl (C=O) groups excluding carboxylic acids is 1. The van der Waals surface area contributed by atoms with Crippen LogP contribution in [-0.4, -0.2) is 79.2 Å². The molecule has 0 radical (unpaired) electrons. The van der Waals surface area contributed by atoms with Gasteiger partial charge in [-0.05, 0) is 31.7 Å². The summed E-state index contributed by atoms with van der Waals surface area (Å²) in [5.41, 5.74) is 0.506. The number of hydrogen-bond donors (Lipinski definition) is 0. The summed E-state index contributed by atoms with van der Waals surface area (Å²) in [6, 6.07) is 3.54. The van der Waals surface area contributed by atoms with Crippen molar-refractivity contribution in [3.63, 3.8) is 0 Å². The standard InChI is InChI=1S/C17H26N4O4S/c1-19(2)17(22)13-4-7-16(18-12-13)25-15-8-10-21(11-9-15)26(23,24)20(3)14-5-6-14/h4,7,12,14-15H,5-6,8-11H2,1-3H3. The number of carbonyl (C=O) groups is 1. The van der Waals surface area contributed by atoms with Crippen LogP contribution in [0.15, 0.2) is 18.3 Å². The molecule has 144 valence electrons. The lowest BCUT2D eigenvalue weighted by Crippen LogP contribution is -2.48. The minimum Gasteiger partial charge on any atom is -0.474 e. The summed E-state index contributed by atoms with van der Waals surface area (Å²) in [6.07, 6.45) is 4.58. The maximum atomic E-state index is 12.6. The number of hydrogen-bond acceptors (Lipinski definition) is 5. The van der Waals surface area contributed by atoms with E-state index in [0.29, 0.717) is 37.4 Å². The SMILES string of the molecule is CN(C)C(=O)c1ccc(OC2CCN(S(=O)(=O)N(C)C3CC3)CC2)nc1. The Bertz CT molecular complexity index is 739. The van der Waals surface area contributed by atoms with E-state index in [-0.39, 0.29) is 18.1 Å². The third kappa shape index (κ3) is 4.16. The largest absolute Gasteiger partial charge is 0.474 e. The fourth-order valence-corrected chi connectivity index (χ4v) is 4.62. The second kappa shape index (κ2) is 7.50. The van der Waals surface area contributed by atoms with Crippen molar-refractivity contribution >= 4 is 16.1 Å². The molecule has 26 heavy (non-hydrogen) atoms. The van der Waals surface area contributed by atoms with Crippen LogP contribution >= 0.6 is 0 Å². The van der Waals surface area contributed by atoms with Gasteiger partial charge in [0.05, 0.1) is 5.56 Å². The predicted molar refractivity (Wildman–Crippen MR) is 97.2 cm³/mol. The van der Waals surface area contributed by atoms with Crippen LogP contribution in [0, 0.1) is 0 Å². The van der Waals surface area contributed by atoms with Crippen molar-refractivity contribution in [1.29, 1.82) is 0 Å². The molecule has 2 fully saturated rings. The van der Waals surface area contributed by atoms with E-state index < -0.39 is 10.2 Å². The van der Waals surface area contributed by atoms with Crippen LogP contribution in [0.4, 0.5) is 0 Å². The highest BCUT2D eigenvalue weighted by Crippen LogP contribution is 2.30. The van der Waals surface area contributed by atoms with Gasteiger partial charge in [-0.3, -0.25) is 4.79 Å². The zero-order chi connectivity index (χ0) is 18.9. The number of aromatic nitrogens is 1. The van der Waals surface area contributed by atoms with E-state index in [0.717, 1.165) is 12.8 Å². The van der Waals surface area contributed by atoms with Crippen molar-refractivity contribution in [1.82, 2.24) is 18.5 Å². The van der Waals surface area contributed by atoms with E-state index in [4.69, 9.17) is 4.74 Å². The number of amides is 1. The van der Waals surface area contributed by atoms with E-state index in [1.807, 2.05) is 0 Å². The van der Waals surface area contributed by atoms with E-state index in [1.54, 1.807) is 33.3 Å². The molecule has 8 nitrogen and oxygen atoms in total. The lowest BCUT2D eigenvalue weighted by Gasteiger charge is -2.33. The Morgan fingerprint density at radius 1 is 1.15 bits per heavy atom. The van der Waals surface area contributed by atoms with E-state index in [2.05, 4.69) is 4.98 Å². The van der Waals surface area contributed by atoms with Crippen molar-refractivity contribution in [2.45, 2.75) is 37.8 Å². The summed E-state index contributed by atoms with van der Waals surface area (Å²) >= 11 is 0. The van der Waals surface area contributed by atoms with Gasteiger partial charge in [0.2, 0.25) is 5.88 Å².